The molecular weight excluding hydrogens is 306 g/mol. The van der Waals surface area contributed by atoms with Crippen LogP contribution in [-0.4, -0.2) is 32.6 Å². The zero-order chi connectivity index (χ0) is 14.7. The van der Waals surface area contributed by atoms with Gasteiger partial charge < -0.3 is 4.74 Å². The molecule has 0 saturated heterocycles. The van der Waals surface area contributed by atoms with Crippen molar-refractivity contribution in [1.82, 2.24) is 9.55 Å². The van der Waals surface area contributed by atoms with Gasteiger partial charge in [-0.1, -0.05) is 19.6 Å². The highest BCUT2D eigenvalue weighted by atomic mass is 35.7. The molecule has 0 atom stereocenters. The van der Waals surface area contributed by atoms with Crippen LogP contribution in [0.3, 0.4) is 0 Å². The highest BCUT2D eigenvalue weighted by molar-refractivity contribution is 8.13. The summed E-state index contributed by atoms with van der Waals surface area (Å²) in [5.41, 5.74) is -0.00646. The normalized spacial score (nSPS) is 12.4. The molecule has 0 fully saturated rings. The van der Waals surface area contributed by atoms with E-state index in [2.05, 4.69) is 24.6 Å². The van der Waals surface area contributed by atoms with E-state index in [0.29, 0.717) is 6.61 Å². The van der Waals surface area contributed by atoms with E-state index in [1.807, 2.05) is 0 Å². The highest BCUT2D eigenvalue weighted by Crippen LogP contribution is 2.15. The second-order valence-corrected chi connectivity index (χ2v) is 13.4. The molecule has 0 aliphatic heterocycles. The zero-order valence-corrected chi connectivity index (χ0v) is 13.6. The third kappa shape index (κ3) is 5.32. The van der Waals surface area contributed by atoms with Crippen LogP contribution < -0.4 is 0 Å². The van der Waals surface area contributed by atoms with Crippen LogP contribution >= 0.6 is 10.7 Å². The molecule has 0 N–H and O–H groups in total. The van der Waals surface area contributed by atoms with Gasteiger partial charge in [0.15, 0.2) is 5.69 Å². The predicted molar refractivity (Wildman–Crippen MR) is 74.1 cm³/mol. The number of imidazole rings is 1. The molecule has 0 amide bonds. The van der Waals surface area contributed by atoms with Crippen molar-refractivity contribution in [3.05, 3.63) is 11.9 Å². The predicted octanol–water partition coefficient (Wildman–Crippen LogP) is 1.99. The zero-order valence-electron chi connectivity index (χ0n) is 11.1. The van der Waals surface area contributed by atoms with E-state index < -0.39 is 17.1 Å². The third-order valence-electron chi connectivity index (χ3n) is 2.30. The number of nitrogens with zero attached hydrogens (tertiary/aromatic N) is 3. The van der Waals surface area contributed by atoms with Crippen LogP contribution in [0.2, 0.25) is 25.7 Å². The van der Waals surface area contributed by atoms with Crippen LogP contribution in [0.25, 0.3) is 0 Å². The van der Waals surface area contributed by atoms with Crippen molar-refractivity contribution in [2.24, 2.45) is 0 Å². The van der Waals surface area contributed by atoms with Crippen LogP contribution in [0.1, 0.15) is 5.69 Å². The van der Waals surface area contributed by atoms with Crippen molar-refractivity contribution in [2.45, 2.75) is 37.6 Å². The summed E-state index contributed by atoms with van der Waals surface area (Å²) < 4.78 is 29.2. The van der Waals surface area contributed by atoms with Gasteiger partial charge in [0.2, 0.25) is 5.16 Å². The molecule has 0 aliphatic carbocycles. The van der Waals surface area contributed by atoms with Gasteiger partial charge in [0, 0.05) is 31.6 Å². The van der Waals surface area contributed by atoms with Gasteiger partial charge >= 0.3 is 0 Å². The Morgan fingerprint density at radius 1 is 1.53 bits per heavy atom. The van der Waals surface area contributed by atoms with E-state index in [0.717, 1.165) is 6.04 Å². The Kier molecular flexibility index (Phi) is 5.15. The van der Waals surface area contributed by atoms with Crippen LogP contribution in [0.15, 0.2) is 11.4 Å². The summed E-state index contributed by atoms with van der Waals surface area (Å²) in [5.74, 6) is 0. The van der Waals surface area contributed by atoms with Crippen LogP contribution in [0.4, 0.5) is 0 Å². The first-order valence-corrected chi connectivity index (χ1v) is 11.6. The molecule has 1 heterocycles. The summed E-state index contributed by atoms with van der Waals surface area (Å²) in [5, 5.41) is 8.36. The molecule has 0 spiro atoms. The Balaban J connectivity index is 2.74. The SMILES string of the molecule is C[Si](C)(C)CCOCn1cc(C#N)nc1S(=O)(=O)Cl. The average Bonchev–Trinajstić information content (AvgIpc) is 2.66. The summed E-state index contributed by atoms with van der Waals surface area (Å²) in [6.07, 6.45) is 1.31. The fourth-order valence-electron chi connectivity index (χ4n) is 1.28. The van der Waals surface area contributed by atoms with Crippen LogP contribution in [-0.2, 0) is 20.5 Å². The molecule has 0 aliphatic rings. The van der Waals surface area contributed by atoms with E-state index >= 15 is 0 Å². The van der Waals surface area contributed by atoms with E-state index in [9.17, 15) is 8.42 Å². The Labute approximate surface area is 118 Å². The molecular formula is C10H16ClN3O3SSi. The van der Waals surface area contributed by atoms with Crippen molar-refractivity contribution in [3.63, 3.8) is 0 Å². The van der Waals surface area contributed by atoms with Crippen LogP contribution in [0, 0.1) is 11.3 Å². The summed E-state index contributed by atoms with van der Waals surface area (Å²) >= 11 is 0. The van der Waals surface area contributed by atoms with Gasteiger partial charge in [-0.25, -0.2) is 13.4 Å². The molecule has 106 valence electrons. The van der Waals surface area contributed by atoms with Gasteiger partial charge in [0.1, 0.15) is 12.8 Å². The molecule has 0 saturated carbocycles. The fraction of sp³-hybridized carbons (Fsp3) is 0.600. The monoisotopic (exact) mass is 321 g/mol. The molecule has 1 rings (SSSR count). The quantitative estimate of drug-likeness (QED) is 0.454. The van der Waals surface area contributed by atoms with Gasteiger partial charge in [-0.05, 0) is 6.04 Å². The Bertz CT molecular complexity index is 586. The average molecular weight is 322 g/mol. The minimum Gasteiger partial charge on any atom is -0.361 e. The van der Waals surface area contributed by atoms with E-state index in [1.54, 1.807) is 6.07 Å². The second kappa shape index (κ2) is 6.05. The molecule has 0 radical (unpaired) electrons. The third-order valence-corrected chi connectivity index (χ3v) is 5.18. The van der Waals surface area contributed by atoms with Crippen molar-refractivity contribution >= 4 is 27.8 Å². The molecule has 19 heavy (non-hydrogen) atoms. The van der Waals surface area contributed by atoms with Crippen molar-refractivity contribution in [2.75, 3.05) is 6.61 Å². The molecule has 1 aromatic rings. The minimum absolute atomic E-state index is 0.00646. The topological polar surface area (TPSA) is 85.0 Å². The maximum absolute atomic E-state index is 11.3. The fourth-order valence-corrected chi connectivity index (χ4v) is 3.00. The molecule has 0 aromatic carbocycles. The number of hydrogen-bond acceptors (Lipinski definition) is 5. The summed E-state index contributed by atoms with van der Waals surface area (Å²) in [6, 6.07) is 2.74. The Morgan fingerprint density at radius 2 is 2.16 bits per heavy atom. The van der Waals surface area contributed by atoms with Gasteiger partial charge in [0.05, 0.1) is 0 Å². The Hall–Kier alpha value is -0.883. The summed E-state index contributed by atoms with van der Waals surface area (Å²) in [4.78, 5) is 3.64. The summed E-state index contributed by atoms with van der Waals surface area (Å²) in [7, 11) is 0.0697. The molecule has 6 nitrogen and oxygen atoms in total. The van der Waals surface area contributed by atoms with E-state index in [4.69, 9.17) is 20.7 Å². The maximum Gasteiger partial charge on any atom is 0.295 e. The van der Waals surface area contributed by atoms with Gasteiger partial charge in [-0.3, -0.25) is 4.57 Å². The number of hydrogen-bond donors (Lipinski definition) is 0. The first kappa shape index (κ1) is 16.2. The smallest absolute Gasteiger partial charge is 0.295 e. The van der Waals surface area contributed by atoms with Crippen LogP contribution in [0.5, 0.6) is 0 Å². The minimum atomic E-state index is -3.99. The van der Waals surface area contributed by atoms with Crippen molar-refractivity contribution in [1.29, 1.82) is 5.26 Å². The second-order valence-electron chi connectivity index (χ2n) is 5.28. The lowest BCUT2D eigenvalue weighted by Gasteiger charge is -2.15. The first-order valence-electron chi connectivity index (χ1n) is 5.63. The highest BCUT2D eigenvalue weighted by Gasteiger charge is 2.20. The Morgan fingerprint density at radius 3 is 2.63 bits per heavy atom. The molecule has 0 unspecified atom stereocenters. The number of nitriles is 1. The first-order chi connectivity index (χ1) is 8.63. The van der Waals surface area contributed by atoms with Crippen molar-refractivity contribution < 1.29 is 13.2 Å². The van der Waals surface area contributed by atoms with Gasteiger partial charge in [-0.15, -0.1) is 0 Å². The lowest BCUT2D eigenvalue weighted by Crippen LogP contribution is -2.22. The standard InChI is InChI=1S/C10H16ClN3O3SSi/c1-19(2,3)5-4-17-8-14-7-9(6-12)13-10(14)18(11,15)16/h7H,4-5,8H2,1-3H3. The molecule has 9 heteroatoms. The van der Waals surface area contributed by atoms with E-state index in [-0.39, 0.29) is 17.6 Å². The molecule has 0 bridgehead atoms. The summed E-state index contributed by atoms with van der Waals surface area (Å²) in [6.45, 7) is 7.21. The number of ether oxygens (including phenoxy) is 1. The lowest BCUT2D eigenvalue weighted by molar-refractivity contribution is 0.0810. The molecule has 1 aromatic heterocycles. The van der Waals surface area contributed by atoms with Gasteiger partial charge in [0.25, 0.3) is 9.05 Å². The van der Waals surface area contributed by atoms with Crippen molar-refractivity contribution in [3.8, 4) is 6.07 Å². The maximum atomic E-state index is 11.3. The number of rotatable bonds is 6. The largest absolute Gasteiger partial charge is 0.361 e. The lowest BCUT2D eigenvalue weighted by atomic mass is 10.5. The van der Waals surface area contributed by atoms with E-state index in [1.165, 1.54) is 10.8 Å². The number of aromatic nitrogens is 2. The number of halogens is 1. The van der Waals surface area contributed by atoms with Gasteiger partial charge in [-0.2, -0.15) is 5.26 Å².